The van der Waals surface area contributed by atoms with E-state index in [1.165, 1.54) is 16.8 Å². The van der Waals surface area contributed by atoms with Gasteiger partial charge in [-0.15, -0.1) is 0 Å². The van der Waals surface area contributed by atoms with E-state index in [2.05, 4.69) is 86.9 Å². The van der Waals surface area contributed by atoms with E-state index in [-0.39, 0.29) is 0 Å². The van der Waals surface area contributed by atoms with Crippen LogP contribution < -0.4 is 15.1 Å². The summed E-state index contributed by atoms with van der Waals surface area (Å²) in [6, 6.07) is 23.7. The van der Waals surface area contributed by atoms with Crippen LogP contribution >= 0.6 is 0 Å². The second-order valence-corrected chi connectivity index (χ2v) is 8.43. The van der Waals surface area contributed by atoms with Crippen molar-refractivity contribution in [2.24, 2.45) is 7.05 Å². The summed E-state index contributed by atoms with van der Waals surface area (Å²) in [5, 5.41) is 9.40. The zero-order valence-electron chi connectivity index (χ0n) is 18.9. The number of nitrogens with one attached hydrogen (secondary N) is 1. The number of hydrogen-bond donors (Lipinski definition) is 1. The van der Waals surface area contributed by atoms with Crippen molar-refractivity contribution in [3.05, 3.63) is 66.7 Å². The van der Waals surface area contributed by atoms with Gasteiger partial charge < -0.3 is 19.9 Å². The number of anilines is 4. The predicted molar refractivity (Wildman–Crippen MR) is 133 cm³/mol. The van der Waals surface area contributed by atoms with Crippen LogP contribution in [0.5, 0.6) is 0 Å². The highest BCUT2D eigenvalue weighted by molar-refractivity contribution is 5.94. The summed E-state index contributed by atoms with van der Waals surface area (Å²) < 4.78 is 7.42. The van der Waals surface area contributed by atoms with Gasteiger partial charge in [0.2, 0.25) is 0 Å². The monoisotopic (exact) mass is 427 g/mol. The third-order valence-corrected chi connectivity index (χ3v) is 5.96. The van der Waals surface area contributed by atoms with Gasteiger partial charge in [-0.3, -0.25) is 4.68 Å². The Kier molecular flexibility index (Phi) is 5.45. The van der Waals surface area contributed by atoms with Gasteiger partial charge in [0.15, 0.2) is 5.82 Å². The van der Waals surface area contributed by atoms with E-state index < -0.39 is 0 Å². The largest absolute Gasteiger partial charge is 0.378 e. The molecule has 3 aromatic carbocycles. The molecule has 1 N–H and O–H groups in total. The molecule has 164 valence electrons. The van der Waals surface area contributed by atoms with Crippen molar-refractivity contribution in [1.29, 1.82) is 0 Å². The Labute approximate surface area is 189 Å². The Balaban J connectivity index is 1.42. The highest BCUT2D eigenvalue weighted by Crippen LogP contribution is 2.32. The molecule has 0 unspecified atom stereocenters. The maximum Gasteiger partial charge on any atom is 0.158 e. The topological polar surface area (TPSA) is 45.6 Å². The average Bonchev–Trinajstić information content (AvgIpc) is 3.16. The summed E-state index contributed by atoms with van der Waals surface area (Å²) in [7, 11) is 6.05. The lowest BCUT2D eigenvalue weighted by molar-refractivity contribution is 0.122. The van der Waals surface area contributed by atoms with E-state index in [0.29, 0.717) is 0 Å². The zero-order chi connectivity index (χ0) is 22.1. The standard InChI is InChI=1S/C26H29N5O/c1-29(2)26-24-17-20(10-11-25(24)30(3)28-26)19-6-4-7-21(16-19)27-22-8-5-9-23(18-22)31-12-14-32-15-13-31/h4-11,16-18,27H,12-15H2,1-3H3. The Morgan fingerprint density at radius 3 is 2.38 bits per heavy atom. The number of rotatable bonds is 5. The molecule has 6 heteroatoms. The lowest BCUT2D eigenvalue weighted by Gasteiger charge is -2.29. The molecule has 1 fully saturated rings. The summed E-state index contributed by atoms with van der Waals surface area (Å²) in [4.78, 5) is 4.43. The molecule has 0 bridgehead atoms. The molecule has 0 saturated carbocycles. The number of fused-ring (bicyclic) bond motifs is 1. The molecule has 1 aliphatic rings. The van der Waals surface area contributed by atoms with Gasteiger partial charge in [0, 0.05) is 56.7 Å². The van der Waals surface area contributed by atoms with Crippen molar-refractivity contribution >= 4 is 33.8 Å². The van der Waals surface area contributed by atoms with Crippen LogP contribution in [0.4, 0.5) is 22.9 Å². The van der Waals surface area contributed by atoms with Crippen molar-refractivity contribution in [2.75, 3.05) is 55.5 Å². The molecular formula is C26H29N5O. The molecule has 1 aromatic heterocycles. The fourth-order valence-corrected chi connectivity index (χ4v) is 4.30. The molecule has 0 atom stereocenters. The summed E-state index contributed by atoms with van der Waals surface area (Å²) in [6.45, 7) is 3.45. The van der Waals surface area contributed by atoms with Gasteiger partial charge in [-0.05, 0) is 53.6 Å². The van der Waals surface area contributed by atoms with Crippen LogP contribution in [0.15, 0.2) is 66.7 Å². The van der Waals surface area contributed by atoms with Crippen molar-refractivity contribution in [3.8, 4) is 11.1 Å². The van der Waals surface area contributed by atoms with Gasteiger partial charge in [-0.25, -0.2) is 0 Å². The lowest BCUT2D eigenvalue weighted by atomic mass is 10.0. The quantitative estimate of drug-likeness (QED) is 0.492. The highest BCUT2D eigenvalue weighted by Gasteiger charge is 2.13. The summed E-state index contributed by atoms with van der Waals surface area (Å²) in [6.07, 6.45) is 0. The first-order chi connectivity index (χ1) is 15.6. The highest BCUT2D eigenvalue weighted by atomic mass is 16.5. The van der Waals surface area contributed by atoms with Gasteiger partial charge in [0.1, 0.15) is 0 Å². The maximum absolute atomic E-state index is 5.49. The number of nitrogens with zero attached hydrogens (tertiary/aromatic N) is 4. The minimum atomic E-state index is 0.788. The Morgan fingerprint density at radius 2 is 1.59 bits per heavy atom. The second-order valence-electron chi connectivity index (χ2n) is 8.43. The average molecular weight is 428 g/mol. The summed E-state index contributed by atoms with van der Waals surface area (Å²) >= 11 is 0. The molecule has 0 radical (unpaired) electrons. The van der Waals surface area contributed by atoms with Crippen LogP contribution in [0.25, 0.3) is 22.0 Å². The number of ether oxygens (including phenoxy) is 1. The SMILES string of the molecule is CN(C)c1nn(C)c2ccc(-c3cccc(Nc4cccc(N5CCOCC5)c4)c3)cc12. The maximum atomic E-state index is 5.49. The zero-order valence-corrected chi connectivity index (χ0v) is 18.9. The molecule has 1 saturated heterocycles. The normalized spacial score (nSPS) is 14.0. The predicted octanol–water partition coefficient (Wildman–Crippen LogP) is 4.89. The number of hydrogen-bond acceptors (Lipinski definition) is 5. The van der Waals surface area contributed by atoms with Gasteiger partial charge >= 0.3 is 0 Å². The number of benzene rings is 3. The van der Waals surface area contributed by atoms with Crippen LogP contribution in [-0.2, 0) is 11.8 Å². The van der Waals surface area contributed by atoms with E-state index in [0.717, 1.165) is 54.4 Å². The lowest BCUT2D eigenvalue weighted by Crippen LogP contribution is -2.36. The van der Waals surface area contributed by atoms with Gasteiger partial charge in [0.25, 0.3) is 0 Å². The Bertz CT molecular complexity index is 1240. The van der Waals surface area contributed by atoms with Gasteiger partial charge in [-0.1, -0.05) is 24.3 Å². The second kappa shape index (κ2) is 8.55. The third kappa shape index (κ3) is 4.01. The first-order valence-corrected chi connectivity index (χ1v) is 11.0. The van der Waals surface area contributed by atoms with Crippen LogP contribution in [0.2, 0.25) is 0 Å². The molecule has 0 amide bonds. The molecule has 6 nitrogen and oxygen atoms in total. The Morgan fingerprint density at radius 1 is 0.875 bits per heavy atom. The molecule has 2 heterocycles. The van der Waals surface area contributed by atoms with Crippen molar-refractivity contribution in [2.45, 2.75) is 0 Å². The van der Waals surface area contributed by atoms with E-state index in [1.54, 1.807) is 0 Å². The van der Waals surface area contributed by atoms with E-state index in [4.69, 9.17) is 4.74 Å². The summed E-state index contributed by atoms with van der Waals surface area (Å²) in [5.41, 5.74) is 6.87. The molecular weight excluding hydrogens is 398 g/mol. The van der Waals surface area contributed by atoms with E-state index in [9.17, 15) is 0 Å². The molecule has 32 heavy (non-hydrogen) atoms. The van der Waals surface area contributed by atoms with Crippen molar-refractivity contribution in [3.63, 3.8) is 0 Å². The van der Waals surface area contributed by atoms with Gasteiger partial charge in [0.05, 0.1) is 18.7 Å². The van der Waals surface area contributed by atoms with Crippen LogP contribution in [0.3, 0.4) is 0 Å². The molecule has 4 aromatic rings. The number of aryl methyl sites for hydroxylation is 1. The molecule has 0 aliphatic carbocycles. The van der Waals surface area contributed by atoms with Crippen molar-refractivity contribution < 1.29 is 4.74 Å². The first kappa shape index (κ1) is 20.4. The smallest absolute Gasteiger partial charge is 0.158 e. The number of aromatic nitrogens is 2. The van der Waals surface area contributed by atoms with Crippen LogP contribution in [-0.4, -0.2) is 50.2 Å². The fourth-order valence-electron chi connectivity index (χ4n) is 4.30. The van der Waals surface area contributed by atoms with Crippen molar-refractivity contribution in [1.82, 2.24) is 9.78 Å². The molecule has 1 aliphatic heterocycles. The fraction of sp³-hybridized carbons (Fsp3) is 0.269. The number of morpholine rings is 1. The molecule has 5 rings (SSSR count). The van der Waals surface area contributed by atoms with Crippen LogP contribution in [0, 0.1) is 0 Å². The van der Waals surface area contributed by atoms with E-state index >= 15 is 0 Å². The summed E-state index contributed by atoms with van der Waals surface area (Å²) in [5.74, 6) is 0.985. The minimum absolute atomic E-state index is 0.788. The van der Waals surface area contributed by atoms with Crippen LogP contribution in [0.1, 0.15) is 0 Å². The van der Waals surface area contributed by atoms with Gasteiger partial charge in [-0.2, -0.15) is 5.10 Å². The van der Waals surface area contributed by atoms with E-state index in [1.807, 2.05) is 25.8 Å². The third-order valence-electron chi connectivity index (χ3n) is 5.96. The first-order valence-electron chi connectivity index (χ1n) is 11.0. The molecule has 0 spiro atoms. The Hall–Kier alpha value is -3.51. The minimum Gasteiger partial charge on any atom is -0.378 e.